The van der Waals surface area contributed by atoms with E-state index in [1.54, 1.807) is 0 Å². The SMILES string of the molecule is C=C(C=CC)CCCCC(=O)NCC. The van der Waals surface area contributed by atoms with E-state index in [9.17, 15) is 4.79 Å². The minimum absolute atomic E-state index is 0.157. The van der Waals surface area contributed by atoms with Gasteiger partial charge in [0.2, 0.25) is 5.91 Å². The van der Waals surface area contributed by atoms with E-state index in [1.165, 1.54) is 0 Å². The van der Waals surface area contributed by atoms with Gasteiger partial charge >= 0.3 is 0 Å². The van der Waals surface area contributed by atoms with Crippen LogP contribution in [0.4, 0.5) is 0 Å². The first kappa shape index (κ1) is 12.9. The summed E-state index contributed by atoms with van der Waals surface area (Å²) in [6.45, 7) is 8.56. The van der Waals surface area contributed by atoms with Crippen LogP contribution in [0.2, 0.25) is 0 Å². The third-order valence-corrected chi connectivity index (χ3v) is 1.93. The Hall–Kier alpha value is -1.05. The van der Waals surface area contributed by atoms with Crippen LogP contribution in [0.3, 0.4) is 0 Å². The van der Waals surface area contributed by atoms with Crippen molar-refractivity contribution in [3.05, 3.63) is 24.3 Å². The lowest BCUT2D eigenvalue weighted by Gasteiger charge is -2.02. The molecule has 0 bridgehead atoms. The standard InChI is InChI=1S/C12H21NO/c1-4-8-11(3)9-6-7-10-12(14)13-5-2/h4,8H,3,5-7,9-10H2,1-2H3,(H,13,14). The van der Waals surface area contributed by atoms with Crippen molar-refractivity contribution in [2.45, 2.75) is 39.5 Å². The summed E-state index contributed by atoms with van der Waals surface area (Å²) >= 11 is 0. The molecule has 0 fully saturated rings. The van der Waals surface area contributed by atoms with Crippen molar-refractivity contribution >= 4 is 5.91 Å². The third kappa shape index (κ3) is 7.59. The highest BCUT2D eigenvalue weighted by atomic mass is 16.1. The Kier molecular flexibility index (Phi) is 7.90. The maximum atomic E-state index is 11.1. The number of hydrogen-bond acceptors (Lipinski definition) is 1. The third-order valence-electron chi connectivity index (χ3n) is 1.93. The summed E-state index contributed by atoms with van der Waals surface area (Å²) < 4.78 is 0. The second kappa shape index (κ2) is 8.54. The van der Waals surface area contributed by atoms with Crippen molar-refractivity contribution in [2.24, 2.45) is 0 Å². The maximum Gasteiger partial charge on any atom is 0.219 e. The van der Waals surface area contributed by atoms with Crippen LogP contribution >= 0.6 is 0 Å². The highest BCUT2D eigenvalue weighted by Crippen LogP contribution is 2.08. The molecule has 0 saturated heterocycles. The molecule has 2 nitrogen and oxygen atoms in total. The Bertz CT molecular complexity index is 206. The van der Waals surface area contributed by atoms with Crippen molar-refractivity contribution in [1.29, 1.82) is 0 Å². The highest BCUT2D eigenvalue weighted by molar-refractivity contribution is 5.75. The summed E-state index contributed by atoms with van der Waals surface area (Å²) in [5.74, 6) is 0.157. The van der Waals surface area contributed by atoms with E-state index in [0.717, 1.165) is 31.4 Å². The lowest BCUT2D eigenvalue weighted by molar-refractivity contribution is -0.121. The molecule has 0 aliphatic rings. The van der Waals surface area contributed by atoms with E-state index in [1.807, 2.05) is 26.0 Å². The van der Waals surface area contributed by atoms with E-state index in [4.69, 9.17) is 0 Å². The second-order valence-corrected chi connectivity index (χ2v) is 3.32. The molecule has 0 aromatic carbocycles. The molecule has 1 amide bonds. The largest absolute Gasteiger partial charge is 0.356 e. The molecule has 0 aliphatic heterocycles. The number of hydrogen-bond donors (Lipinski definition) is 1. The molecule has 0 spiro atoms. The molecule has 14 heavy (non-hydrogen) atoms. The molecule has 0 saturated carbocycles. The number of carbonyl (C=O) groups excluding carboxylic acids is 1. The normalized spacial score (nSPS) is 10.4. The first-order valence-electron chi connectivity index (χ1n) is 5.27. The molecular weight excluding hydrogens is 174 g/mol. The molecule has 0 aromatic heterocycles. The van der Waals surface area contributed by atoms with Crippen LogP contribution in [0.25, 0.3) is 0 Å². The van der Waals surface area contributed by atoms with Gasteiger partial charge in [0.05, 0.1) is 0 Å². The fraction of sp³-hybridized carbons (Fsp3) is 0.583. The van der Waals surface area contributed by atoms with Crippen LogP contribution in [0, 0.1) is 0 Å². The number of carbonyl (C=O) groups is 1. The number of rotatable bonds is 7. The van der Waals surface area contributed by atoms with E-state index in [0.29, 0.717) is 6.42 Å². The average Bonchev–Trinajstić information content (AvgIpc) is 2.13. The van der Waals surface area contributed by atoms with Crippen LogP contribution < -0.4 is 5.32 Å². The number of amides is 1. The van der Waals surface area contributed by atoms with E-state index in [2.05, 4.69) is 11.9 Å². The molecule has 2 heteroatoms. The van der Waals surface area contributed by atoms with Crippen molar-refractivity contribution < 1.29 is 4.79 Å². The van der Waals surface area contributed by atoms with Gasteiger partial charge in [-0.1, -0.05) is 24.3 Å². The molecular formula is C12H21NO. The van der Waals surface area contributed by atoms with Gasteiger partial charge < -0.3 is 5.32 Å². The van der Waals surface area contributed by atoms with Crippen molar-refractivity contribution in [3.8, 4) is 0 Å². The molecule has 0 atom stereocenters. The summed E-state index contributed by atoms with van der Waals surface area (Å²) in [7, 11) is 0. The van der Waals surface area contributed by atoms with Crippen LogP contribution in [0.1, 0.15) is 39.5 Å². The van der Waals surface area contributed by atoms with Crippen molar-refractivity contribution in [3.63, 3.8) is 0 Å². The van der Waals surface area contributed by atoms with Gasteiger partial charge in [-0.05, 0) is 33.1 Å². The van der Waals surface area contributed by atoms with E-state index < -0.39 is 0 Å². The van der Waals surface area contributed by atoms with E-state index in [-0.39, 0.29) is 5.91 Å². The number of nitrogens with one attached hydrogen (secondary N) is 1. The lowest BCUT2D eigenvalue weighted by atomic mass is 10.1. The molecule has 0 heterocycles. The van der Waals surface area contributed by atoms with Crippen LogP contribution in [-0.4, -0.2) is 12.5 Å². The van der Waals surface area contributed by atoms with Crippen LogP contribution in [0.15, 0.2) is 24.3 Å². The molecule has 0 rings (SSSR count). The van der Waals surface area contributed by atoms with Gasteiger partial charge in [-0.25, -0.2) is 0 Å². The van der Waals surface area contributed by atoms with Crippen LogP contribution in [0.5, 0.6) is 0 Å². The maximum absolute atomic E-state index is 11.1. The molecule has 0 aliphatic carbocycles. The fourth-order valence-electron chi connectivity index (χ4n) is 1.24. The zero-order valence-corrected chi connectivity index (χ0v) is 9.31. The molecule has 0 radical (unpaired) electrons. The smallest absolute Gasteiger partial charge is 0.219 e. The molecule has 80 valence electrons. The lowest BCUT2D eigenvalue weighted by Crippen LogP contribution is -2.21. The Morgan fingerprint density at radius 3 is 2.57 bits per heavy atom. The Balaban J connectivity index is 3.37. The van der Waals surface area contributed by atoms with Crippen LogP contribution in [-0.2, 0) is 4.79 Å². The average molecular weight is 195 g/mol. The number of unbranched alkanes of at least 4 members (excludes halogenated alkanes) is 1. The zero-order chi connectivity index (χ0) is 10.8. The molecule has 0 unspecified atom stereocenters. The van der Waals surface area contributed by atoms with Gasteiger partial charge in [0.15, 0.2) is 0 Å². The van der Waals surface area contributed by atoms with Crippen molar-refractivity contribution in [2.75, 3.05) is 6.54 Å². The minimum atomic E-state index is 0.157. The summed E-state index contributed by atoms with van der Waals surface area (Å²) in [6.07, 6.45) is 7.63. The quantitative estimate of drug-likeness (QED) is 0.491. The second-order valence-electron chi connectivity index (χ2n) is 3.32. The van der Waals surface area contributed by atoms with Crippen molar-refractivity contribution in [1.82, 2.24) is 5.32 Å². The minimum Gasteiger partial charge on any atom is -0.356 e. The topological polar surface area (TPSA) is 29.1 Å². The Morgan fingerprint density at radius 1 is 1.36 bits per heavy atom. The number of allylic oxidation sites excluding steroid dienone is 3. The Morgan fingerprint density at radius 2 is 2.00 bits per heavy atom. The van der Waals surface area contributed by atoms with Gasteiger partial charge in [0, 0.05) is 13.0 Å². The summed E-state index contributed by atoms with van der Waals surface area (Å²) in [5, 5.41) is 2.78. The van der Waals surface area contributed by atoms with Gasteiger partial charge in [0.25, 0.3) is 0 Å². The fourth-order valence-corrected chi connectivity index (χ4v) is 1.24. The first-order valence-corrected chi connectivity index (χ1v) is 5.27. The zero-order valence-electron chi connectivity index (χ0n) is 9.31. The predicted molar refractivity (Wildman–Crippen MR) is 61.1 cm³/mol. The highest BCUT2D eigenvalue weighted by Gasteiger charge is 1.98. The summed E-state index contributed by atoms with van der Waals surface area (Å²) in [6, 6.07) is 0. The molecule has 0 aromatic rings. The molecule has 1 N–H and O–H groups in total. The van der Waals surface area contributed by atoms with Gasteiger partial charge in [-0.2, -0.15) is 0 Å². The van der Waals surface area contributed by atoms with Gasteiger partial charge in [0.1, 0.15) is 0 Å². The summed E-state index contributed by atoms with van der Waals surface area (Å²) in [5.41, 5.74) is 1.14. The monoisotopic (exact) mass is 195 g/mol. The predicted octanol–water partition coefficient (Wildman–Crippen LogP) is 2.82. The summed E-state index contributed by atoms with van der Waals surface area (Å²) in [4.78, 5) is 11.1. The first-order chi connectivity index (χ1) is 6.70. The Labute approximate surface area is 87.1 Å². The van der Waals surface area contributed by atoms with Gasteiger partial charge in [-0.3, -0.25) is 4.79 Å². The van der Waals surface area contributed by atoms with E-state index >= 15 is 0 Å². The van der Waals surface area contributed by atoms with Gasteiger partial charge in [-0.15, -0.1) is 0 Å².